The Morgan fingerprint density at radius 2 is 1.11 bits per heavy atom. The van der Waals surface area contributed by atoms with E-state index in [4.69, 9.17) is 9.72 Å². The molecule has 0 aliphatic carbocycles. The van der Waals surface area contributed by atoms with Gasteiger partial charge >= 0.3 is 0 Å². The average molecular weight is 1100 g/mol. The number of benzene rings is 7. The Labute approximate surface area is 429 Å². The van der Waals surface area contributed by atoms with Gasteiger partial charge in [0, 0.05) is 61.1 Å². The van der Waals surface area contributed by atoms with Crippen LogP contribution in [0.15, 0.2) is 182 Å². The molecule has 5 nitrogen and oxygen atoms in total. The molecule has 0 atom stereocenters. The van der Waals surface area contributed by atoms with Crippen molar-refractivity contribution in [3.63, 3.8) is 0 Å². The maximum Gasteiger partial charge on any atom is 0.135 e. The van der Waals surface area contributed by atoms with E-state index in [1.54, 1.807) is 0 Å². The predicted molar refractivity (Wildman–Crippen MR) is 287 cm³/mol. The fourth-order valence-corrected chi connectivity index (χ4v) is 9.56. The molecular weight excluding hydrogens is 1040 g/mol. The SMILES string of the molecule is CC(C)(C)c1cccc(N2[CH-]N(c3[c-]c(Oc4[c-]c5c(cc4)c4cc(C(C)(C)C)ccc4n5-c4cc(C(C)(C)c5ccccc5)ccn4)cc(C(C)(C)c4ccccc4)c3)C=C2c2ccccc2)c1.[Pt]. The van der Waals surface area contributed by atoms with Gasteiger partial charge < -0.3 is 19.1 Å². The van der Waals surface area contributed by atoms with Crippen molar-refractivity contribution in [2.45, 2.75) is 90.9 Å². The van der Waals surface area contributed by atoms with Crippen LogP contribution in [0.5, 0.6) is 11.5 Å². The number of ether oxygens (including phenoxy) is 1. The van der Waals surface area contributed by atoms with Gasteiger partial charge in [0.25, 0.3) is 0 Å². The molecule has 0 radical (unpaired) electrons. The molecule has 0 saturated carbocycles. The van der Waals surface area contributed by atoms with Gasteiger partial charge in [-0.3, -0.25) is 0 Å². The van der Waals surface area contributed by atoms with Gasteiger partial charge in [0.15, 0.2) is 0 Å². The summed E-state index contributed by atoms with van der Waals surface area (Å²) in [4.78, 5) is 9.51. The van der Waals surface area contributed by atoms with Gasteiger partial charge in [0.2, 0.25) is 0 Å². The van der Waals surface area contributed by atoms with Crippen molar-refractivity contribution in [3.05, 3.63) is 240 Å². The van der Waals surface area contributed by atoms with Crippen LogP contribution in [0.3, 0.4) is 0 Å². The molecule has 0 unspecified atom stereocenters. The normalized spacial score (nSPS) is 13.4. The Hall–Kier alpha value is -6.68. The van der Waals surface area contributed by atoms with Crippen LogP contribution in [0.4, 0.5) is 11.4 Å². The number of pyridine rings is 1. The van der Waals surface area contributed by atoms with Gasteiger partial charge in [-0.15, -0.1) is 53.6 Å². The first kappa shape index (κ1) is 48.3. The van der Waals surface area contributed by atoms with Crippen LogP contribution in [0.2, 0.25) is 0 Å². The summed E-state index contributed by atoms with van der Waals surface area (Å²) in [6.45, 7) is 24.8. The smallest absolute Gasteiger partial charge is 0.135 e. The second kappa shape index (κ2) is 18.6. The number of anilines is 2. The summed E-state index contributed by atoms with van der Waals surface area (Å²) in [5, 5.41) is 2.24. The zero-order chi connectivity index (χ0) is 48.3. The van der Waals surface area contributed by atoms with Crippen LogP contribution in [0, 0.1) is 18.8 Å². The van der Waals surface area contributed by atoms with Crippen molar-refractivity contribution < 1.29 is 25.8 Å². The zero-order valence-electron chi connectivity index (χ0n) is 41.9. The van der Waals surface area contributed by atoms with Crippen molar-refractivity contribution in [1.29, 1.82) is 0 Å². The zero-order valence-corrected chi connectivity index (χ0v) is 44.2. The molecule has 2 aromatic heterocycles. The summed E-state index contributed by atoms with van der Waals surface area (Å²) in [7, 11) is 0. The molecule has 6 heteroatoms. The van der Waals surface area contributed by atoms with E-state index in [0.29, 0.717) is 11.5 Å². The first-order valence-electron chi connectivity index (χ1n) is 24.1. The minimum Gasteiger partial charge on any atom is -0.509 e. The molecule has 0 N–H and O–H groups in total. The molecule has 10 rings (SSSR count). The van der Waals surface area contributed by atoms with Gasteiger partial charge in [0.1, 0.15) is 5.82 Å². The van der Waals surface area contributed by atoms with Crippen molar-refractivity contribution >= 4 is 38.9 Å². The number of fused-ring (bicyclic) bond motifs is 3. The molecule has 1 aliphatic heterocycles. The molecule has 0 amide bonds. The second-order valence-electron chi connectivity index (χ2n) is 21.6. The van der Waals surface area contributed by atoms with E-state index in [0.717, 1.165) is 55.8 Å². The van der Waals surface area contributed by atoms with Crippen LogP contribution in [-0.2, 0) is 42.7 Å². The number of hydrogen-bond acceptors (Lipinski definition) is 4. The largest absolute Gasteiger partial charge is 0.509 e. The molecule has 9 aromatic rings. The van der Waals surface area contributed by atoms with Crippen molar-refractivity contribution in [1.82, 2.24) is 9.55 Å². The first-order chi connectivity index (χ1) is 32.9. The molecule has 70 heavy (non-hydrogen) atoms. The molecule has 356 valence electrons. The average Bonchev–Trinajstić information content (AvgIpc) is 3.94. The topological polar surface area (TPSA) is 33.5 Å². The standard InChI is InChI=1S/C64H61N4O.Pt/c1-61(2,3)47-27-20-28-51(35-47)67-43-66(42-59(67)44-21-14-11-15-22-44)52-36-50(64(9,10)46-25-18-13-19-26-46)37-54(40-52)69-53-30-31-55-56-38-48(62(4,5)6)29-32-57(56)68(58(55)41-53)60-39-49(33-34-65-60)63(7,8)45-23-16-12-17-24-45;/h11-39,42-43H,1-10H3;/q-3;. The van der Waals surface area contributed by atoms with Gasteiger partial charge in [-0.05, 0) is 91.5 Å². The van der Waals surface area contributed by atoms with Gasteiger partial charge in [-0.25, -0.2) is 4.98 Å². The first-order valence-corrected chi connectivity index (χ1v) is 24.1. The third-order valence-electron chi connectivity index (χ3n) is 14.1. The molecular formula is C64H61N4OPt-3. The monoisotopic (exact) mass is 1100 g/mol. The summed E-state index contributed by atoms with van der Waals surface area (Å²) in [5.74, 6) is 2.02. The van der Waals surface area contributed by atoms with E-state index in [1.807, 2.05) is 12.3 Å². The van der Waals surface area contributed by atoms with Crippen molar-refractivity contribution in [3.8, 4) is 17.3 Å². The van der Waals surface area contributed by atoms with Gasteiger partial charge in [0.05, 0.1) is 0 Å². The summed E-state index contributed by atoms with van der Waals surface area (Å²) in [6, 6.07) is 68.1. The molecule has 0 saturated heterocycles. The Balaban J connectivity index is 0.00000608. The van der Waals surface area contributed by atoms with E-state index in [-0.39, 0.29) is 42.7 Å². The molecule has 0 bridgehead atoms. The predicted octanol–water partition coefficient (Wildman–Crippen LogP) is 16.3. The summed E-state index contributed by atoms with van der Waals surface area (Å²) < 4.78 is 9.26. The maximum absolute atomic E-state index is 7.02. The van der Waals surface area contributed by atoms with Gasteiger partial charge in [-0.2, -0.15) is 6.07 Å². The van der Waals surface area contributed by atoms with Crippen LogP contribution in [0.1, 0.15) is 108 Å². The third kappa shape index (κ3) is 9.25. The van der Waals surface area contributed by atoms with Crippen LogP contribution in [-0.4, -0.2) is 9.55 Å². The van der Waals surface area contributed by atoms with E-state index in [2.05, 4.69) is 272 Å². The Kier molecular flexibility index (Phi) is 12.8. The Bertz CT molecular complexity index is 3360. The molecule has 0 spiro atoms. The Morgan fingerprint density at radius 3 is 1.77 bits per heavy atom. The number of hydrogen-bond donors (Lipinski definition) is 0. The van der Waals surface area contributed by atoms with Gasteiger partial charge in [-0.1, -0.05) is 190 Å². The minimum atomic E-state index is -0.370. The van der Waals surface area contributed by atoms with Crippen LogP contribution < -0.4 is 14.5 Å². The second-order valence-corrected chi connectivity index (χ2v) is 21.6. The van der Waals surface area contributed by atoms with Crippen LogP contribution >= 0.6 is 0 Å². The summed E-state index contributed by atoms with van der Waals surface area (Å²) >= 11 is 0. The molecule has 1 aliphatic rings. The van der Waals surface area contributed by atoms with E-state index >= 15 is 0 Å². The van der Waals surface area contributed by atoms with Crippen molar-refractivity contribution in [2.24, 2.45) is 0 Å². The summed E-state index contributed by atoms with van der Waals surface area (Å²) in [6.07, 6.45) is 4.14. The number of rotatable bonds is 10. The van der Waals surface area contributed by atoms with E-state index in [1.165, 1.54) is 27.8 Å². The van der Waals surface area contributed by atoms with E-state index in [9.17, 15) is 0 Å². The fourth-order valence-electron chi connectivity index (χ4n) is 9.56. The van der Waals surface area contributed by atoms with Crippen molar-refractivity contribution in [2.75, 3.05) is 9.80 Å². The fraction of sp³-hybridized carbons (Fsp3) is 0.219. The molecule has 7 aromatic carbocycles. The minimum absolute atomic E-state index is 0. The number of nitrogens with zero attached hydrogens (tertiary/aromatic N) is 4. The summed E-state index contributed by atoms with van der Waals surface area (Å²) in [5.41, 5.74) is 12.7. The van der Waals surface area contributed by atoms with E-state index < -0.39 is 0 Å². The quantitative estimate of drug-likeness (QED) is 0.128. The molecule has 3 heterocycles. The molecule has 0 fully saturated rings. The Morgan fingerprint density at radius 1 is 0.500 bits per heavy atom. The number of aromatic nitrogens is 2. The van der Waals surface area contributed by atoms with Crippen LogP contribution in [0.25, 0.3) is 33.3 Å². The maximum atomic E-state index is 7.02. The third-order valence-corrected chi connectivity index (χ3v) is 14.1.